The van der Waals surface area contributed by atoms with Crippen molar-refractivity contribution in [3.63, 3.8) is 0 Å². The predicted molar refractivity (Wildman–Crippen MR) is 146 cm³/mol. The molecule has 0 aliphatic heterocycles. The van der Waals surface area contributed by atoms with Gasteiger partial charge in [-0.15, -0.1) is 0 Å². The fourth-order valence-electron chi connectivity index (χ4n) is 3.66. The Bertz CT molecular complexity index is 1400. The number of pyridine rings is 1. The molecule has 0 saturated carbocycles. The first-order chi connectivity index (χ1) is 20.2. The Hall–Kier alpha value is -5.47. The van der Waals surface area contributed by atoms with Crippen molar-refractivity contribution in [2.24, 2.45) is 0 Å². The largest absolute Gasteiger partial charge is 0.462 e. The Morgan fingerprint density at radius 1 is 0.619 bits per heavy atom. The number of H-pyrrole nitrogens is 2. The maximum Gasteiger partial charge on any atom is 0.342 e. The number of carbonyl (C=O) groups is 6. The summed E-state index contributed by atoms with van der Waals surface area (Å²) in [5.74, 6) is -5.29. The molecule has 0 bridgehead atoms. The van der Waals surface area contributed by atoms with Crippen molar-refractivity contribution in [1.82, 2.24) is 15.0 Å². The average Bonchev–Trinajstić information content (AvgIpc) is 3.58. The van der Waals surface area contributed by atoms with Crippen LogP contribution in [0.15, 0.2) is 30.6 Å². The third kappa shape index (κ3) is 6.99. The Morgan fingerprint density at radius 2 is 0.976 bits per heavy atom. The van der Waals surface area contributed by atoms with Gasteiger partial charge >= 0.3 is 23.9 Å². The van der Waals surface area contributed by atoms with E-state index < -0.39 is 35.7 Å². The van der Waals surface area contributed by atoms with Crippen LogP contribution in [0.25, 0.3) is 0 Å². The molecule has 3 aromatic heterocycles. The van der Waals surface area contributed by atoms with E-state index in [4.69, 9.17) is 18.9 Å². The Balaban J connectivity index is 1.86. The third-order valence-corrected chi connectivity index (χ3v) is 5.40. The van der Waals surface area contributed by atoms with Crippen molar-refractivity contribution in [1.29, 1.82) is 0 Å². The van der Waals surface area contributed by atoms with E-state index in [2.05, 4.69) is 25.6 Å². The van der Waals surface area contributed by atoms with E-state index in [-0.39, 0.29) is 71.7 Å². The number of carbonyl (C=O) groups excluding carboxylic acids is 6. The second kappa shape index (κ2) is 14.2. The molecular formula is C27H29N5O10. The fraction of sp³-hybridized carbons (Fsp3) is 0.296. The van der Waals surface area contributed by atoms with E-state index >= 15 is 0 Å². The number of rotatable bonds is 12. The van der Waals surface area contributed by atoms with Gasteiger partial charge in [0.1, 0.15) is 34.2 Å². The SMILES string of the molecule is CCOC(=O)c1c[nH]c(NC(=O)c2cccc(C(=O)Nc3[nH]cc(C(=O)OCC)c3C(=O)OCC)n2)c1C(=O)OCC. The first-order valence-corrected chi connectivity index (χ1v) is 12.9. The molecule has 3 rings (SSSR count). The number of aromatic amines is 2. The maximum atomic E-state index is 13.0. The van der Waals surface area contributed by atoms with E-state index in [1.165, 1.54) is 30.6 Å². The smallest absolute Gasteiger partial charge is 0.342 e. The molecule has 0 saturated heterocycles. The van der Waals surface area contributed by atoms with Crippen LogP contribution in [0.5, 0.6) is 0 Å². The second-order valence-electron chi connectivity index (χ2n) is 8.10. The minimum atomic E-state index is -0.872. The molecule has 0 unspecified atom stereocenters. The van der Waals surface area contributed by atoms with Gasteiger partial charge in [-0.2, -0.15) is 0 Å². The summed E-state index contributed by atoms with van der Waals surface area (Å²) in [7, 11) is 0. The lowest BCUT2D eigenvalue weighted by molar-refractivity contribution is 0.0481. The van der Waals surface area contributed by atoms with E-state index in [0.29, 0.717) is 0 Å². The highest BCUT2D eigenvalue weighted by Gasteiger charge is 2.28. The van der Waals surface area contributed by atoms with Crippen LogP contribution < -0.4 is 10.6 Å². The highest BCUT2D eigenvalue weighted by molar-refractivity contribution is 6.13. The zero-order chi connectivity index (χ0) is 30.8. The normalized spacial score (nSPS) is 10.4. The number of hydrogen-bond acceptors (Lipinski definition) is 11. The van der Waals surface area contributed by atoms with Crippen LogP contribution in [0.1, 0.15) is 90.1 Å². The first kappa shape index (κ1) is 31.1. The third-order valence-electron chi connectivity index (χ3n) is 5.40. The van der Waals surface area contributed by atoms with Crippen molar-refractivity contribution < 1.29 is 47.7 Å². The number of ether oxygens (including phenoxy) is 4. The van der Waals surface area contributed by atoms with Gasteiger partial charge < -0.3 is 39.5 Å². The quantitative estimate of drug-likeness (QED) is 0.180. The molecular weight excluding hydrogens is 554 g/mol. The molecule has 3 aromatic rings. The molecule has 2 amide bonds. The number of esters is 4. The Morgan fingerprint density at radius 3 is 1.33 bits per heavy atom. The lowest BCUT2D eigenvalue weighted by Crippen LogP contribution is -2.21. The minimum Gasteiger partial charge on any atom is -0.462 e. The van der Waals surface area contributed by atoms with Crippen molar-refractivity contribution in [2.45, 2.75) is 27.7 Å². The van der Waals surface area contributed by atoms with E-state index in [0.717, 1.165) is 0 Å². The van der Waals surface area contributed by atoms with Crippen LogP contribution >= 0.6 is 0 Å². The number of amides is 2. The highest BCUT2D eigenvalue weighted by Crippen LogP contribution is 2.24. The van der Waals surface area contributed by atoms with Crippen LogP contribution in [0, 0.1) is 0 Å². The van der Waals surface area contributed by atoms with Crippen molar-refractivity contribution in [3.8, 4) is 0 Å². The summed E-state index contributed by atoms with van der Waals surface area (Å²) in [6.45, 7) is 6.48. The van der Waals surface area contributed by atoms with Gasteiger partial charge in [-0.1, -0.05) is 6.07 Å². The standard InChI is InChI=1S/C27H29N5O10/c1-5-39-24(35)14-12-28-20(18(14)26(37)41-7-3)31-22(33)16-10-9-11-17(30-16)23(34)32-21-19(27(38)42-8-4)15(13-29-21)25(36)40-6-2/h9-13,28-29H,5-8H2,1-4H3,(H,31,33)(H,32,34). The van der Waals surface area contributed by atoms with Gasteiger partial charge in [-0.05, 0) is 39.8 Å². The lowest BCUT2D eigenvalue weighted by Gasteiger charge is -2.10. The molecule has 3 heterocycles. The molecule has 42 heavy (non-hydrogen) atoms. The van der Waals surface area contributed by atoms with Gasteiger partial charge in [-0.3, -0.25) is 9.59 Å². The molecule has 0 radical (unpaired) electrons. The maximum absolute atomic E-state index is 13.0. The lowest BCUT2D eigenvalue weighted by atomic mass is 10.2. The molecule has 0 atom stereocenters. The van der Waals surface area contributed by atoms with Gasteiger partial charge in [0.2, 0.25) is 0 Å². The number of nitrogens with one attached hydrogen (secondary N) is 4. The van der Waals surface area contributed by atoms with E-state index in [1.807, 2.05) is 0 Å². The summed E-state index contributed by atoms with van der Waals surface area (Å²) in [6, 6.07) is 4.00. The van der Waals surface area contributed by atoms with Crippen LogP contribution in [0.3, 0.4) is 0 Å². The van der Waals surface area contributed by atoms with Crippen LogP contribution in [0.2, 0.25) is 0 Å². The Kier molecular flexibility index (Phi) is 10.5. The van der Waals surface area contributed by atoms with E-state index in [1.54, 1.807) is 27.7 Å². The van der Waals surface area contributed by atoms with E-state index in [9.17, 15) is 28.8 Å². The topological polar surface area (TPSA) is 208 Å². The van der Waals surface area contributed by atoms with Gasteiger partial charge in [0.25, 0.3) is 11.8 Å². The molecule has 0 aromatic carbocycles. The zero-order valence-corrected chi connectivity index (χ0v) is 23.2. The van der Waals surface area contributed by atoms with Crippen molar-refractivity contribution in [3.05, 3.63) is 64.2 Å². The van der Waals surface area contributed by atoms with Crippen LogP contribution in [-0.4, -0.2) is 77.1 Å². The molecule has 0 fully saturated rings. The number of aromatic nitrogens is 3. The van der Waals surface area contributed by atoms with Crippen molar-refractivity contribution >= 4 is 47.3 Å². The molecule has 0 spiro atoms. The van der Waals surface area contributed by atoms with Gasteiger partial charge in [0, 0.05) is 12.4 Å². The zero-order valence-electron chi connectivity index (χ0n) is 23.2. The summed E-state index contributed by atoms with van der Waals surface area (Å²) in [6.07, 6.45) is 2.39. The van der Waals surface area contributed by atoms with Crippen molar-refractivity contribution in [2.75, 3.05) is 37.1 Å². The fourth-order valence-corrected chi connectivity index (χ4v) is 3.66. The second-order valence-corrected chi connectivity index (χ2v) is 8.10. The summed E-state index contributed by atoms with van der Waals surface area (Å²) < 4.78 is 19.9. The predicted octanol–water partition coefficient (Wildman–Crippen LogP) is 2.95. The van der Waals surface area contributed by atoms with Gasteiger partial charge in [0.15, 0.2) is 0 Å². The summed E-state index contributed by atoms with van der Waals surface area (Å²) in [5, 5.41) is 4.90. The summed E-state index contributed by atoms with van der Waals surface area (Å²) >= 11 is 0. The molecule has 222 valence electrons. The molecule has 4 N–H and O–H groups in total. The molecule has 0 aliphatic carbocycles. The number of nitrogens with zero attached hydrogens (tertiary/aromatic N) is 1. The molecule has 0 aliphatic rings. The highest BCUT2D eigenvalue weighted by atomic mass is 16.5. The summed E-state index contributed by atoms with van der Waals surface area (Å²) in [4.78, 5) is 85.1. The molecule has 15 heteroatoms. The monoisotopic (exact) mass is 583 g/mol. The molecule has 15 nitrogen and oxygen atoms in total. The van der Waals surface area contributed by atoms with Gasteiger partial charge in [0.05, 0.1) is 37.6 Å². The Labute approximate surface area is 239 Å². The van der Waals surface area contributed by atoms with Crippen LogP contribution in [-0.2, 0) is 18.9 Å². The summed E-state index contributed by atoms with van der Waals surface area (Å²) in [5.41, 5.74) is -1.22. The minimum absolute atomic E-state index is 0.0123. The average molecular weight is 584 g/mol. The van der Waals surface area contributed by atoms with Crippen LogP contribution in [0.4, 0.5) is 11.6 Å². The van der Waals surface area contributed by atoms with Gasteiger partial charge in [-0.25, -0.2) is 24.2 Å². The number of hydrogen-bond donors (Lipinski definition) is 4. The number of anilines is 2. The first-order valence-electron chi connectivity index (χ1n) is 12.9.